The van der Waals surface area contributed by atoms with Crippen LogP contribution in [-0.2, 0) is 0 Å². The molecule has 2 aromatic rings. The molecule has 0 aromatic heterocycles. The Morgan fingerprint density at radius 1 is 0.955 bits per heavy atom. The van der Waals surface area contributed by atoms with E-state index >= 15 is 0 Å². The lowest BCUT2D eigenvalue weighted by molar-refractivity contribution is 0.104. The molecule has 0 aliphatic carbocycles. The average molecular weight is 296 g/mol. The van der Waals surface area contributed by atoms with Gasteiger partial charge < -0.3 is 9.47 Å². The monoisotopic (exact) mass is 296 g/mol. The van der Waals surface area contributed by atoms with Gasteiger partial charge >= 0.3 is 0 Å². The van der Waals surface area contributed by atoms with Gasteiger partial charge in [-0.3, -0.25) is 4.79 Å². The smallest absolute Gasteiger partial charge is 0.185 e. The first-order valence-corrected chi connectivity index (χ1v) is 7.41. The fourth-order valence-electron chi connectivity index (χ4n) is 2.05. The van der Waals surface area contributed by atoms with E-state index in [-0.39, 0.29) is 5.78 Å². The summed E-state index contributed by atoms with van der Waals surface area (Å²) < 4.78 is 10.9. The Labute approximate surface area is 131 Å². The number of ketones is 1. The molecule has 0 heterocycles. The number of hydrogen-bond donors (Lipinski definition) is 0. The van der Waals surface area contributed by atoms with E-state index in [0.717, 1.165) is 17.1 Å². The Morgan fingerprint density at radius 2 is 1.64 bits per heavy atom. The molecule has 0 bridgehead atoms. The van der Waals surface area contributed by atoms with Gasteiger partial charge in [0.2, 0.25) is 0 Å². The summed E-state index contributed by atoms with van der Waals surface area (Å²) in [5, 5.41) is 0. The topological polar surface area (TPSA) is 35.5 Å². The summed E-state index contributed by atoms with van der Waals surface area (Å²) >= 11 is 0. The quantitative estimate of drug-likeness (QED) is 0.562. The van der Waals surface area contributed by atoms with Gasteiger partial charge in [0.15, 0.2) is 5.78 Å². The maximum atomic E-state index is 12.2. The third kappa shape index (κ3) is 4.22. The molecule has 0 aliphatic rings. The largest absolute Gasteiger partial charge is 0.494 e. The van der Waals surface area contributed by atoms with E-state index < -0.39 is 0 Å². The molecular formula is C19H20O3. The molecule has 0 amide bonds. The normalized spacial score (nSPS) is 10.6. The Bertz CT molecular complexity index is 642. The fraction of sp³-hybridized carbons (Fsp3) is 0.211. The molecule has 0 N–H and O–H groups in total. The van der Waals surface area contributed by atoms with E-state index in [1.807, 2.05) is 38.1 Å². The van der Waals surface area contributed by atoms with Crippen molar-refractivity contribution in [3.63, 3.8) is 0 Å². The minimum absolute atomic E-state index is 0.0469. The number of para-hydroxylation sites is 1. The first kappa shape index (κ1) is 15.8. The molecule has 0 atom stereocenters. The van der Waals surface area contributed by atoms with Gasteiger partial charge in [0.05, 0.1) is 13.2 Å². The fourth-order valence-corrected chi connectivity index (χ4v) is 2.05. The van der Waals surface area contributed by atoms with Crippen LogP contribution in [0.2, 0.25) is 0 Å². The molecule has 3 heteroatoms. The summed E-state index contributed by atoms with van der Waals surface area (Å²) in [6.45, 7) is 5.07. The zero-order valence-corrected chi connectivity index (χ0v) is 12.9. The predicted octanol–water partition coefficient (Wildman–Crippen LogP) is 4.38. The summed E-state index contributed by atoms with van der Waals surface area (Å²) in [6.07, 6.45) is 3.34. The van der Waals surface area contributed by atoms with Crippen molar-refractivity contribution in [2.24, 2.45) is 0 Å². The van der Waals surface area contributed by atoms with E-state index in [1.165, 1.54) is 0 Å². The van der Waals surface area contributed by atoms with Crippen molar-refractivity contribution in [2.45, 2.75) is 13.8 Å². The third-order valence-electron chi connectivity index (χ3n) is 3.08. The lowest BCUT2D eigenvalue weighted by Gasteiger charge is -2.06. The molecule has 0 aliphatic heterocycles. The Hall–Kier alpha value is -2.55. The van der Waals surface area contributed by atoms with Crippen LogP contribution < -0.4 is 9.47 Å². The van der Waals surface area contributed by atoms with Crippen LogP contribution in [0.4, 0.5) is 0 Å². The summed E-state index contributed by atoms with van der Waals surface area (Å²) in [5.74, 6) is 1.50. The van der Waals surface area contributed by atoms with Crippen LogP contribution in [0, 0.1) is 0 Å². The zero-order valence-electron chi connectivity index (χ0n) is 12.9. The van der Waals surface area contributed by atoms with Crippen LogP contribution >= 0.6 is 0 Å². The Balaban J connectivity index is 2.11. The molecule has 22 heavy (non-hydrogen) atoms. The number of benzene rings is 2. The minimum atomic E-state index is -0.0469. The number of allylic oxidation sites excluding steroid dienone is 1. The molecular weight excluding hydrogens is 276 g/mol. The minimum Gasteiger partial charge on any atom is -0.494 e. The lowest BCUT2D eigenvalue weighted by Crippen LogP contribution is -1.96. The maximum absolute atomic E-state index is 12.2. The lowest BCUT2D eigenvalue weighted by atomic mass is 10.1. The number of hydrogen-bond acceptors (Lipinski definition) is 3. The van der Waals surface area contributed by atoms with Crippen LogP contribution in [0.1, 0.15) is 29.8 Å². The zero-order chi connectivity index (χ0) is 15.8. The molecule has 0 saturated heterocycles. The third-order valence-corrected chi connectivity index (χ3v) is 3.08. The molecule has 0 radical (unpaired) electrons. The molecule has 0 fully saturated rings. The first-order valence-electron chi connectivity index (χ1n) is 7.41. The number of rotatable bonds is 7. The van der Waals surface area contributed by atoms with E-state index in [9.17, 15) is 4.79 Å². The van der Waals surface area contributed by atoms with Gasteiger partial charge in [-0.2, -0.15) is 0 Å². The van der Waals surface area contributed by atoms with Crippen LogP contribution in [-0.4, -0.2) is 19.0 Å². The number of carbonyl (C=O) groups is 1. The first-order chi connectivity index (χ1) is 10.7. The maximum Gasteiger partial charge on any atom is 0.185 e. The van der Waals surface area contributed by atoms with E-state index in [0.29, 0.717) is 18.8 Å². The molecule has 0 unspecified atom stereocenters. The van der Waals surface area contributed by atoms with Crippen molar-refractivity contribution in [3.8, 4) is 11.5 Å². The average Bonchev–Trinajstić information content (AvgIpc) is 2.55. The molecule has 3 nitrogen and oxygen atoms in total. The predicted molar refractivity (Wildman–Crippen MR) is 88.6 cm³/mol. The highest BCUT2D eigenvalue weighted by Crippen LogP contribution is 2.20. The van der Waals surface area contributed by atoms with E-state index in [1.54, 1.807) is 36.4 Å². The van der Waals surface area contributed by atoms with Crippen molar-refractivity contribution in [1.29, 1.82) is 0 Å². The molecule has 2 rings (SSSR count). The second-order valence-electron chi connectivity index (χ2n) is 4.63. The number of ether oxygens (including phenoxy) is 2. The summed E-state index contributed by atoms with van der Waals surface area (Å²) in [5.41, 5.74) is 1.53. The van der Waals surface area contributed by atoms with Gasteiger partial charge in [-0.15, -0.1) is 0 Å². The van der Waals surface area contributed by atoms with Crippen molar-refractivity contribution >= 4 is 11.9 Å². The van der Waals surface area contributed by atoms with Crippen molar-refractivity contribution in [2.75, 3.05) is 13.2 Å². The van der Waals surface area contributed by atoms with Crippen LogP contribution in [0.15, 0.2) is 54.6 Å². The van der Waals surface area contributed by atoms with Gasteiger partial charge in [0.25, 0.3) is 0 Å². The molecule has 0 saturated carbocycles. The highest BCUT2D eigenvalue weighted by Gasteiger charge is 2.03. The number of carbonyl (C=O) groups excluding carboxylic acids is 1. The van der Waals surface area contributed by atoms with Gasteiger partial charge in [-0.05, 0) is 56.3 Å². The summed E-state index contributed by atoms with van der Waals surface area (Å²) in [7, 11) is 0. The van der Waals surface area contributed by atoms with Crippen molar-refractivity contribution in [3.05, 3.63) is 65.7 Å². The highest BCUT2D eigenvalue weighted by molar-refractivity contribution is 6.07. The van der Waals surface area contributed by atoms with Crippen LogP contribution in [0.5, 0.6) is 11.5 Å². The Morgan fingerprint density at radius 3 is 2.32 bits per heavy atom. The van der Waals surface area contributed by atoms with Crippen molar-refractivity contribution < 1.29 is 14.3 Å². The van der Waals surface area contributed by atoms with Crippen molar-refractivity contribution in [1.82, 2.24) is 0 Å². The highest BCUT2D eigenvalue weighted by atomic mass is 16.5. The second-order valence-corrected chi connectivity index (χ2v) is 4.63. The van der Waals surface area contributed by atoms with Gasteiger partial charge in [0.1, 0.15) is 11.5 Å². The van der Waals surface area contributed by atoms with Crippen LogP contribution in [0.3, 0.4) is 0 Å². The standard InChI is InChI=1S/C19H20O3/c1-3-21-17-12-9-15(10-13-17)18(20)14-11-16-7-5-6-8-19(16)22-4-2/h5-14H,3-4H2,1-2H3/b14-11+. The van der Waals surface area contributed by atoms with E-state index in [2.05, 4.69) is 0 Å². The van der Waals surface area contributed by atoms with E-state index in [4.69, 9.17) is 9.47 Å². The van der Waals surface area contributed by atoms with Crippen LogP contribution in [0.25, 0.3) is 6.08 Å². The molecule has 2 aromatic carbocycles. The Kier molecular flexibility index (Phi) is 5.78. The second kappa shape index (κ2) is 8.03. The molecule has 114 valence electrons. The van der Waals surface area contributed by atoms with Gasteiger partial charge in [-0.25, -0.2) is 0 Å². The summed E-state index contributed by atoms with van der Waals surface area (Å²) in [4.78, 5) is 12.2. The van der Waals surface area contributed by atoms with Gasteiger partial charge in [-0.1, -0.05) is 18.2 Å². The van der Waals surface area contributed by atoms with Gasteiger partial charge in [0, 0.05) is 11.1 Å². The SMILES string of the molecule is CCOc1ccc(C(=O)/C=C/c2ccccc2OCC)cc1. The molecule has 0 spiro atoms. The summed E-state index contributed by atoms with van der Waals surface area (Å²) in [6, 6.07) is 14.8.